The van der Waals surface area contributed by atoms with E-state index in [4.69, 9.17) is 5.11 Å². The monoisotopic (exact) mass is 288 g/mol. The van der Waals surface area contributed by atoms with Gasteiger partial charge in [-0.1, -0.05) is 0 Å². The lowest BCUT2D eigenvalue weighted by Gasteiger charge is -2.04. The Kier molecular flexibility index (Phi) is 3.06. The Morgan fingerprint density at radius 3 is 2.47 bits per heavy atom. The molecular formula is C10H6F2N2O4S. The molecule has 2 rings (SSSR count). The van der Waals surface area contributed by atoms with Crippen LogP contribution in [0.15, 0.2) is 35.6 Å². The first-order valence-electron chi connectivity index (χ1n) is 4.80. The van der Waals surface area contributed by atoms with E-state index in [2.05, 4.69) is 4.98 Å². The van der Waals surface area contributed by atoms with Crippen LogP contribution in [0.3, 0.4) is 0 Å². The number of benzene rings is 1. The first kappa shape index (κ1) is 13.1. The largest absolute Gasteiger partial charge is 0.476 e. The number of hydrogen-bond acceptors (Lipinski definition) is 4. The molecule has 0 saturated carbocycles. The minimum absolute atomic E-state index is 0.480. The summed E-state index contributed by atoms with van der Waals surface area (Å²) in [4.78, 5) is 13.4. The molecule has 0 radical (unpaired) electrons. The van der Waals surface area contributed by atoms with Crippen molar-refractivity contribution in [1.82, 2.24) is 8.96 Å². The van der Waals surface area contributed by atoms with E-state index in [1.165, 1.54) is 0 Å². The van der Waals surface area contributed by atoms with Crippen LogP contribution in [0.5, 0.6) is 0 Å². The minimum atomic E-state index is -4.21. The van der Waals surface area contributed by atoms with Gasteiger partial charge in [-0.2, -0.15) is 0 Å². The van der Waals surface area contributed by atoms with Crippen LogP contribution in [0.1, 0.15) is 10.5 Å². The van der Waals surface area contributed by atoms with Crippen molar-refractivity contribution in [2.75, 3.05) is 0 Å². The van der Waals surface area contributed by atoms with Gasteiger partial charge in [-0.15, -0.1) is 0 Å². The Bertz CT molecular complexity index is 755. The predicted octanol–water partition coefficient (Wildman–Crippen LogP) is 1.10. The van der Waals surface area contributed by atoms with Crippen molar-refractivity contribution in [1.29, 1.82) is 0 Å². The zero-order valence-electron chi connectivity index (χ0n) is 9.12. The Morgan fingerprint density at radius 1 is 1.26 bits per heavy atom. The zero-order valence-corrected chi connectivity index (χ0v) is 9.93. The molecule has 1 aromatic heterocycles. The number of aromatic carboxylic acids is 1. The average molecular weight is 288 g/mol. The molecule has 19 heavy (non-hydrogen) atoms. The predicted molar refractivity (Wildman–Crippen MR) is 58.1 cm³/mol. The van der Waals surface area contributed by atoms with Crippen molar-refractivity contribution in [3.05, 3.63) is 48.1 Å². The smallest absolute Gasteiger partial charge is 0.356 e. The second kappa shape index (κ2) is 4.43. The van der Waals surface area contributed by atoms with Crippen molar-refractivity contribution >= 4 is 16.0 Å². The first-order valence-corrected chi connectivity index (χ1v) is 6.24. The van der Waals surface area contributed by atoms with E-state index in [1.807, 2.05) is 0 Å². The van der Waals surface area contributed by atoms with Crippen LogP contribution in [0.4, 0.5) is 8.78 Å². The van der Waals surface area contributed by atoms with Gasteiger partial charge in [-0.05, 0) is 18.2 Å². The topological polar surface area (TPSA) is 89.3 Å². The molecule has 100 valence electrons. The van der Waals surface area contributed by atoms with E-state index in [0.29, 0.717) is 16.1 Å². The van der Waals surface area contributed by atoms with Crippen LogP contribution in [0.25, 0.3) is 0 Å². The lowest BCUT2D eigenvalue weighted by atomic mass is 10.3. The minimum Gasteiger partial charge on any atom is -0.476 e. The van der Waals surface area contributed by atoms with Crippen LogP contribution < -0.4 is 0 Å². The van der Waals surface area contributed by atoms with Gasteiger partial charge in [-0.3, -0.25) is 0 Å². The molecule has 1 heterocycles. The lowest BCUT2D eigenvalue weighted by molar-refractivity contribution is 0.0691. The molecule has 0 aliphatic carbocycles. The van der Waals surface area contributed by atoms with Crippen LogP contribution in [0.2, 0.25) is 0 Å². The maximum Gasteiger partial charge on any atom is 0.356 e. The third kappa shape index (κ3) is 2.32. The molecule has 0 aliphatic rings. The molecule has 2 aromatic rings. The second-order valence-corrected chi connectivity index (χ2v) is 5.32. The summed E-state index contributed by atoms with van der Waals surface area (Å²) in [6, 6.07) is 2.04. The van der Waals surface area contributed by atoms with Crippen molar-refractivity contribution in [2.45, 2.75) is 4.90 Å². The van der Waals surface area contributed by atoms with Crippen LogP contribution >= 0.6 is 0 Å². The number of aromatic nitrogens is 2. The zero-order chi connectivity index (χ0) is 14.2. The van der Waals surface area contributed by atoms with Crippen LogP contribution in [-0.2, 0) is 10.0 Å². The van der Waals surface area contributed by atoms with E-state index >= 15 is 0 Å². The number of carboxylic acids is 1. The number of hydrogen-bond donors (Lipinski definition) is 1. The molecule has 0 amide bonds. The highest BCUT2D eigenvalue weighted by Crippen LogP contribution is 2.17. The van der Waals surface area contributed by atoms with Gasteiger partial charge in [0.05, 0.1) is 11.1 Å². The van der Waals surface area contributed by atoms with Gasteiger partial charge >= 0.3 is 5.97 Å². The molecule has 1 aromatic carbocycles. The summed E-state index contributed by atoms with van der Waals surface area (Å²) >= 11 is 0. The summed E-state index contributed by atoms with van der Waals surface area (Å²) in [6.45, 7) is 0. The van der Waals surface area contributed by atoms with E-state index in [1.54, 1.807) is 0 Å². The molecule has 6 nitrogen and oxygen atoms in total. The van der Waals surface area contributed by atoms with Gasteiger partial charge in [0.25, 0.3) is 10.0 Å². The third-order valence-corrected chi connectivity index (χ3v) is 3.85. The normalized spacial score (nSPS) is 11.5. The first-order chi connectivity index (χ1) is 8.82. The molecule has 0 atom stereocenters. The van der Waals surface area contributed by atoms with E-state index in [9.17, 15) is 22.0 Å². The quantitative estimate of drug-likeness (QED) is 0.913. The summed E-state index contributed by atoms with van der Waals surface area (Å²) < 4.78 is 50.2. The summed E-state index contributed by atoms with van der Waals surface area (Å²) in [7, 11) is -4.21. The van der Waals surface area contributed by atoms with E-state index in [-0.39, 0.29) is 0 Å². The van der Waals surface area contributed by atoms with Crippen LogP contribution in [0, 0.1) is 11.6 Å². The van der Waals surface area contributed by atoms with Gasteiger partial charge in [0.15, 0.2) is 17.3 Å². The SMILES string of the molecule is O=C(O)c1cn(S(=O)(=O)c2ccc(F)c(F)c2)cn1. The fourth-order valence-electron chi connectivity index (χ4n) is 1.31. The van der Waals surface area contributed by atoms with Gasteiger partial charge in [0, 0.05) is 0 Å². The average Bonchev–Trinajstić information content (AvgIpc) is 2.82. The fraction of sp³-hybridized carbons (Fsp3) is 0. The molecule has 0 fully saturated rings. The number of halogens is 2. The van der Waals surface area contributed by atoms with Crippen molar-refractivity contribution in [2.24, 2.45) is 0 Å². The molecule has 0 saturated heterocycles. The Balaban J connectivity index is 2.52. The van der Waals surface area contributed by atoms with E-state index < -0.39 is 38.2 Å². The van der Waals surface area contributed by atoms with Gasteiger partial charge in [0.1, 0.15) is 6.33 Å². The Labute approximate surface area is 106 Å². The highest BCUT2D eigenvalue weighted by atomic mass is 32.2. The van der Waals surface area contributed by atoms with Crippen LogP contribution in [-0.4, -0.2) is 28.5 Å². The summed E-state index contributed by atoms with van der Waals surface area (Å²) in [6.07, 6.45) is 1.53. The van der Waals surface area contributed by atoms with Crippen molar-refractivity contribution in [3.63, 3.8) is 0 Å². The summed E-state index contributed by atoms with van der Waals surface area (Å²) in [5, 5.41) is 8.63. The molecule has 1 N–H and O–H groups in total. The standard InChI is InChI=1S/C10H6F2N2O4S/c11-7-2-1-6(3-8(7)12)19(17,18)14-4-9(10(15)16)13-5-14/h1-5H,(H,15,16). The highest BCUT2D eigenvalue weighted by molar-refractivity contribution is 7.90. The van der Waals surface area contributed by atoms with Gasteiger partial charge < -0.3 is 5.11 Å². The van der Waals surface area contributed by atoms with Crippen molar-refractivity contribution in [3.8, 4) is 0 Å². The third-order valence-electron chi connectivity index (χ3n) is 2.25. The number of nitrogens with zero attached hydrogens (tertiary/aromatic N) is 2. The molecular weight excluding hydrogens is 282 g/mol. The lowest BCUT2D eigenvalue weighted by Crippen LogP contribution is -2.11. The number of carbonyl (C=O) groups is 1. The summed E-state index contributed by atoms with van der Waals surface area (Å²) in [5.74, 6) is -3.91. The van der Waals surface area contributed by atoms with Gasteiger partial charge in [-0.25, -0.2) is 30.9 Å². The maximum absolute atomic E-state index is 13.0. The Morgan fingerprint density at radius 2 is 1.95 bits per heavy atom. The molecule has 9 heteroatoms. The summed E-state index contributed by atoms with van der Waals surface area (Å²) in [5.41, 5.74) is -0.480. The fourth-order valence-corrected chi connectivity index (χ4v) is 2.45. The number of imidazole rings is 1. The number of carboxylic acid groups (broad SMARTS) is 1. The second-order valence-electron chi connectivity index (χ2n) is 3.47. The molecule has 0 spiro atoms. The molecule has 0 unspecified atom stereocenters. The van der Waals surface area contributed by atoms with Crippen molar-refractivity contribution < 1.29 is 27.1 Å². The Hall–Kier alpha value is -2.29. The number of rotatable bonds is 3. The highest BCUT2D eigenvalue weighted by Gasteiger charge is 2.20. The maximum atomic E-state index is 13.0. The van der Waals surface area contributed by atoms with E-state index in [0.717, 1.165) is 18.6 Å². The molecule has 0 aliphatic heterocycles. The molecule has 0 bridgehead atoms. The van der Waals surface area contributed by atoms with Gasteiger partial charge in [0.2, 0.25) is 0 Å².